The molecule has 0 bridgehead atoms. The Morgan fingerprint density at radius 2 is 1.52 bits per heavy atom. The molecule has 0 unspecified atom stereocenters. The van der Waals surface area contributed by atoms with Crippen LogP contribution in [0.2, 0.25) is 0 Å². The summed E-state index contributed by atoms with van der Waals surface area (Å²) in [6.07, 6.45) is 10.4. The van der Waals surface area contributed by atoms with Gasteiger partial charge in [-0.05, 0) is 65.8 Å². The minimum absolute atomic E-state index is 0.220. The van der Waals surface area contributed by atoms with Crippen LogP contribution in [-0.2, 0) is 12.8 Å². The van der Waals surface area contributed by atoms with E-state index in [1.165, 1.54) is 49.7 Å². The summed E-state index contributed by atoms with van der Waals surface area (Å²) in [4.78, 5) is 0. The van der Waals surface area contributed by atoms with Gasteiger partial charge in [0.1, 0.15) is 5.82 Å². The van der Waals surface area contributed by atoms with Gasteiger partial charge in [0.25, 0.3) is 0 Å². The third-order valence-corrected chi connectivity index (χ3v) is 7.11. The van der Waals surface area contributed by atoms with E-state index in [2.05, 4.69) is 56.0 Å². The van der Waals surface area contributed by atoms with Gasteiger partial charge in [-0.3, -0.25) is 0 Å². The molecule has 0 aromatic heterocycles. The Balaban J connectivity index is 1.39. The zero-order valence-corrected chi connectivity index (χ0v) is 18.9. The summed E-state index contributed by atoms with van der Waals surface area (Å²) in [5.74, 6) is 7.82. The van der Waals surface area contributed by atoms with Crippen LogP contribution >= 0.6 is 0 Å². The van der Waals surface area contributed by atoms with E-state index in [4.69, 9.17) is 0 Å². The molecule has 0 nitrogen and oxygen atoms in total. The zero-order chi connectivity index (χ0) is 21.6. The predicted molar refractivity (Wildman–Crippen MR) is 130 cm³/mol. The minimum Gasteiger partial charge on any atom is -0.205 e. The van der Waals surface area contributed by atoms with E-state index in [-0.39, 0.29) is 5.82 Å². The molecule has 0 N–H and O–H groups in total. The molecule has 3 aromatic carbocycles. The summed E-state index contributed by atoms with van der Waals surface area (Å²) in [6.45, 7) is 4.44. The highest BCUT2D eigenvalue weighted by Gasteiger charge is 2.19. The first kappa shape index (κ1) is 21.6. The van der Waals surface area contributed by atoms with Crippen LogP contribution in [0.25, 0.3) is 10.8 Å². The maximum Gasteiger partial charge on any atom is 0.146 e. The highest BCUT2D eigenvalue weighted by atomic mass is 19.1. The molecule has 1 fully saturated rings. The van der Waals surface area contributed by atoms with Gasteiger partial charge < -0.3 is 0 Å². The quantitative estimate of drug-likeness (QED) is 0.371. The van der Waals surface area contributed by atoms with Crippen molar-refractivity contribution in [1.29, 1.82) is 0 Å². The van der Waals surface area contributed by atoms with Crippen molar-refractivity contribution in [1.82, 2.24) is 0 Å². The van der Waals surface area contributed by atoms with Gasteiger partial charge in [0.05, 0.1) is 5.56 Å². The first-order valence-corrected chi connectivity index (χ1v) is 12.0. The van der Waals surface area contributed by atoms with E-state index in [1.807, 2.05) is 18.2 Å². The molecular formula is C30H33F. The van der Waals surface area contributed by atoms with Crippen LogP contribution in [0.4, 0.5) is 4.39 Å². The Bertz CT molecular complexity index is 1070. The molecule has 0 saturated heterocycles. The van der Waals surface area contributed by atoms with E-state index < -0.39 is 0 Å². The van der Waals surface area contributed by atoms with Gasteiger partial charge in [-0.15, -0.1) is 0 Å². The molecule has 1 saturated carbocycles. The van der Waals surface area contributed by atoms with Crippen molar-refractivity contribution in [3.8, 4) is 11.8 Å². The summed E-state index contributed by atoms with van der Waals surface area (Å²) in [5.41, 5.74) is 4.00. The molecule has 0 atom stereocenters. The second-order valence-corrected chi connectivity index (χ2v) is 9.12. The lowest BCUT2D eigenvalue weighted by Gasteiger charge is -2.27. The fourth-order valence-electron chi connectivity index (χ4n) is 4.85. The fraction of sp³-hybridized carbons (Fsp3) is 0.400. The summed E-state index contributed by atoms with van der Waals surface area (Å²) in [5, 5.41) is 1.59. The lowest BCUT2D eigenvalue weighted by Crippen LogP contribution is -2.14. The molecule has 0 heterocycles. The number of halogens is 1. The van der Waals surface area contributed by atoms with Crippen LogP contribution in [0.3, 0.4) is 0 Å². The molecule has 4 rings (SSSR count). The van der Waals surface area contributed by atoms with E-state index in [9.17, 15) is 4.39 Å². The normalized spacial score (nSPS) is 18.5. The third kappa shape index (κ3) is 5.37. The second kappa shape index (κ2) is 10.1. The third-order valence-electron chi connectivity index (χ3n) is 7.11. The maximum atomic E-state index is 14.9. The SMILES string of the molecule is CCc1ccc2c(F)c(C#Cc3ccc(CCC4CCC(CC)CC4)cc3)ccc2c1. The number of benzene rings is 3. The monoisotopic (exact) mass is 412 g/mol. The summed E-state index contributed by atoms with van der Waals surface area (Å²) >= 11 is 0. The average molecular weight is 413 g/mol. The van der Waals surface area contributed by atoms with Crippen molar-refractivity contribution in [3.05, 3.63) is 82.7 Å². The van der Waals surface area contributed by atoms with Crippen molar-refractivity contribution in [2.45, 2.75) is 65.2 Å². The Hall–Kier alpha value is -2.59. The highest BCUT2D eigenvalue weighted by Crippen LogP contribution is 2.33. The maximum absolute atomic E-state index is 14.9. The smallest absolute Gasteiger partial charge is 0.146 e. The molecule has 31 heavy (non-hydrogen) atoms. The molecule has 1 aliphatic rings. The van der Waals surface area contributed by atoms with Crippen LogP contribution < -0.4 is 0 Å². The number of hydrogen-bond donors (Lipinski definition) is 0. The van der Waals surface area contributed by atoms with E-state index in [0.717, 1.165) is 35.6 Å². The Labute approximate surface area is 186 Å². The standard InChI is InChI=1S/C30H33F/c1-3-22-5-7-24(8-6-22)9-10-25-11-13-26(14-12-25)15-17-27-18-19-28-21-23(4-2)16-20-29(28)30(27)31/h11-14,16,18-22,24H,3-10H2,1-2H3. The summed E-state index contributed by atoms with van der Waals surface area (Å²) < 4.78 is 14.9. The molecule has 1 heteroatoms. The molecule has 160 valence electrons. The van der Waals surface area contributed by atoms with Crippen LogP contribution in [0.5, 0.6) is 0 Å². The van der Waals surface area contributed by atoms with Gasteiger partial charge in [-0.1, -0.05) is 94.2 Å². The number of fused-ring (bicyclic) bond motifs is 1. The summed E-state index contributed by atoms with van der Waals surface area (Å²) in [7, 11) is 0. The van der Waals surface area contributed by atoms with Crippen LogP contribution in [0.15, 0.2) is 54.6 Å². The predicted octanol–water partition coefficient (Wildman–Crippen LogP) is 8.09. The zero-order valence-electron chi connectivity index (χ0n) is 18.9. The van der Waals surface area contributed by atoms with Gasteiger partial charge >= 0.3 is 0 Å². The molecule has 0 amide bonds. The molecule has 1 aliphatic carbocycles. The number of rotatable bonds is 5. The number of aryl methyl sites for hydroxylation is 2. The van der Waals surface area contributed by atoms with Gasteiger partial charge in [-0.25, -0.2) is 4.39 Å². The van der Waals surface area contributed by atoms with Gasteiger partial charge in [0, 0.05) is 10.9 Å². The van der Waals surface area contributed by atoms with Crippen molar-refractivity contribution in [2.75, 3.05) is 0 Å². The van der Waals surface area contributed by atoms with Crippen molar-refractivity contribution < 1.29 is 4.39 Å². The fourth-order valence-corrected chi connectivity index (χ4v) is 4.85. The van der Waals surface area contributed by atoms with Gasteiger partial charge in [0.15, 0.2) is 0 Å². The highest BCUT2D eigenvalue weighted by molar-refractivity contribution is 5.85. The van der Waals surface area contributed by atoms with Crippen LogP contribution in [-0.4, -0.2) is 0 Å². The summed E-state index contributed by atoms with van der Waals surface area (Å²) in [6, 6.07) is 18.2. The lowest BCUT2D eigenvalue weighted by atomic mass is 9.78. The Morgan fingerprint density at radius 1 is 0.806 bits per heavy atom. The lowest BCUT2D eigenvalue weighted by molar-refractivity contribution is 0.259. The molecule has 0 aliphatic heterocycles. The van der Waals surface area contributed by atoms with Gasteiger partial charge in [0.2, 0.25) is 0 Å². The van der Waals surface area contributed by atoms with Crippen LogP contribution in [0.1, 0.15) is 74.6 Å². The first-order valence-electron chi connectivity index (χ1n) is 12.0. The minimum atomic E-state index is -0.220. The molecule has 0 spiro atoms. The van der Waals surface area contributed by atoms with Crippen molar-refractivity contribution >= 4 is 10.8 Å². The largest absolute Gasteiger partial charge is 0.205 e. The topological polar surface area (TPSA) is 0 Å². The Kier molecular flexibility index (Phi) is 7.08. The van der Waals surface area contributed by atoms with E-state index in [1.54, 1.807) is 6.07 Å². The second-order valence-electron chi connectivity index (χ2n) is 9.12. The van der Waals surface area contributed by atoms with Crippen molar-refractivity contribution in [3.63, 3.8) is 0 Å². The van der Waals surface area contributed by atoms with Crippen molar-refractivity contribution in [2.24, 2.45) is 11.8 Å². The van der Waals surface area contributed by atoms with Crippen LogP contribution in [0, 0.1) is 29.5 Å². The molecular weight excluding hydrogens is 379 g/mol. The molecule has 0 radical (unpaired) electrons. The van der Waals surface area contributed by atoms with Gasteiger partial charge in [-0.2, -0.15) is 0 Å². The average Bonchev–Trinajstić information content (AvgIpc) is 2.83. The van der Waals surface area contributed by atoms with E-state index in [0.29, 0.717) is 10.9 Å². The van der Waals surface area contributed by atoms with E-state index >= 15 is 0 Å². The molecule has 3 aromatic rings. The Morgan fingerprint density at radius 3 is 2.23 bits per heavy atom. The first-order chi connectivity index (χ1) is 15.2. The number of hydrogen-bond acceptors (Lipinski definition) is 0.